The average molecular weight is 196 g/mol. The Hall–Kier alpha value is -0.0400. The number of ether oxygens (including phenoxy) is 1. The van der Waals surface area contributed by atoms with E-state index in [1.165, 1.54) is 44.9 Å². The highest BCUT2D eigenvalue weighted by Gasteiger charge is 2.37. The van der Waals surface area contributed by atoms with Gasteiger partial charge < -0.3 is 4.74 Å². The van der Waals surface area contributed by atoms with Crippen LogP contribution in [0.3, 0.4) is 0 Å². The Bertz CT molecular complexity index is 178. The molecule has 2 fully saturated rings. The minimum Gasteiger partial charge on any atom is -0.381 e. The number of methoxy groups -OCH3 is 1. The van der Waals surface area contributed by atoms with Gasteiger partial charge in [0.15, 0.2) is 0 Å². The molecule has 1 nitrogen and oxygen atoms in total. The van der Waals surface area contributed by atoms with E-state index in [1.807, 2.05) is 7.11 Å². The largest absolute Gasteiger partial charge is 0.381 e. The quantitative estimate of drug-likeness (QED) is 0.655. The van der Waals surface area contributed by atoms with E-state index >= 15 is 0 Å². The van der Waals surface area contributed by atoms with Gasteiger partial charge >= 0.3 is 0 Å². The summed E-state index contributed by atoms with van der Waals surface area (Å²) in [7, 11) is 1.90. The summed E-state index contributed by atoms with van der Waals surface area (Å²) >= 11 is 0. The summed E-state index contributed by atoms with van der Waals surface area (Å²) in [6.07, 6.45) is 10.5. The van der Waals surface area contributed by atoms with Gasteiger partial charge in [-0.15, -0.1) is 0 Å². The molecule has 4 atom stereocenters. The van der Waals surface area contributed by atoms with Gasteiger partial charge in [-0.1, -0.05) is 26.2 Å². The number of hydrogen-bond acceptors (Lipinski definition) is 1. The van der Waals surface area contributed by atoms with Gasteiger partial charge in [-0.05, 0) is 43.4 Å². The first kappa shape index (κ1) is 10.5. The van der Waals surface area contributed by atoms with Crippen LogP contribution < -0.4 is 0 Å². The maximum atomic E-state index is 5.63. The third-order valence-electron chi connectivity index (χ3n) is 4.57. The van der Waals surface area contributed by atoms with Gasteiger partial charge in [0.1, 0.15) is 0 Å². The van der Waals surface area contributed by atoms with Gasteiger partial charge in [0, 0.05) is 7.11 Å². The molecule has 2 aliphatic carbocycles. The zero-order chi connectivity index (χ0) is 9.97. The molecule has 0 aromatic heterocycles. The Labute approximate surface area is 88.2 Å². The third kappa shape index (κ3) is 1.98. The average Bonchev–Trinajstić information content (AvgIpc) is 2.27. The van der Waals surface area contributed by atoms with Crippen molar-refractivity contribution in [3.8, 4) is 0 Å². The predicted octanol–water partition coefficient (Wildman–Crippen LogP) is 3.63. The summed E-state index contributed by atoms with van der Waals surface area (Å²) in [5.74, 6) is 2.91. The second-order valence-electron chi connectivity index (χ2n) is 5.22. The minimum absolute atomic E-state index is 0.589. The van der Waals surface area contributed by atoms with Gasteiger partial charge in [0.2, 0.25) is 0 Å². The smallest absolute Gasteiger partial charge is 0.0602 e. The molecule has 0 spiro atoms. The van der Waals surface area contributed by atoms with Crippen molar-refractivity contribution >= 4 is 0 Å². The molecule has 0 amide bonds. The van der Waals surface area contributed by atoms with Gasteiger partial charge in [-0.25, -0.2) is 0 Å². The molecule has 2 rings (SSSR count). The molecule has 0 aromatic rings. The molecule has 82 valence electrons. The lowest BCUT2D eigenvalue weighted by molar-refractivity contribution is -0.0311. The van der Waals surface area contributed by atoms with E-state index in [9.17, 15) is 0 Å². The molecular formula is C13H24O. The van der Waals surface area contributed by atoms with Crippen LogP contribution >= 0.6 is 0 Å². The van der Waals surface area contributed by atoms with Gasteiger partial charge in [0.25, 0.3) is 0 Å². The maximum absolute atomic E-state index is 5.63. The third-order valence-corrected chi connectivity index (χ3v) is 4.57. The van der Waals surface area contributed by atoms with Crippen LogP contribution in [0.5, 0.6) is 0 Å². The first-order valence-electron chi connectivity index (χ1n) is 6.38. The summed E-state index contributed by atoms with van der Waals surface area (Å²) in [5.41, 5.74) is 0. The predicted molar refractivity (Wildman–Crippen MR) is 59.3 cm³/mol. The highest BCUT2D eigenvalue weighted by Crippen LogP contribution is 2.44. The fraction of sp³-hybridized carbons (Fsp3) is 1.00. The van der Waals surface area contributed by atoms with E-state index in [2.05, 4.69) is 6.92 Å². The van der Waals surface area contributed by atoms with Crippen LogP contribution in [0, 0.1) is 17.8 Å². The molecule has 1 heteroatoms. The molecule has 2 aliphatic rings. The number of rotatable bonds is 2. The summed E-state index contributed by atoms with van der Waals surface area (Å²) in [6, 6.07) is 0. The fourth-order valence-electron chi connectivity index (χ4n) is 3.66. The van der Waals surface area contributed by atoms with Crippen molar-refractivity contribution in [3.05, 3.63) is 0 Å². The van der Waals surface area contributed by atoms with Crippen LogP contribution in [0.2, 0.25) is 0 Å². The first-order valence-corrected chi connectivity index (χ1v) is 6.38. The van der Waals surface area contributed by atoms with Crippen molar-refractivity contribution in [2.45, 2.75) is 58.0 Å². The summed E-state index contributed by atoms with van der Waals surface area (Å²) in [5, 5.41) is 0. The lowest BCUT2D eigenvalue weighted by atomic mass is 9.66. The van der Waals surface area contributed by atoms with Crippen LogP contribution in [0.15, 0.2) is 0 Å². The van der Waals surface area contributed by atoms with Crippen molar-refractivity contribution in [3.63, 3.8) is 0 Å². The van der Waals surface area contributed by atoms with Crippen molar-refractivity contribution in [2.75, 3.05) is 7.11 Å². The van der Waals surface area contributed by atoms with E-state index in [4.69, 9.17) is 4.74 Å². The lowest BCUT2D eigenvalue weighted by Crippen LogP contribution is -2.37. The Morgan fingerprint density at radius 1 is 1.14 bits per heavy atom. The van der Waals surface area contributed by atoms with E-state index in [1.54, 1.807) is 0 Å². The number of fused-ring (bicyclic) bond motifs is 1. The number of hydrogen-bond donors (Lipinski definition) is 0. The molecule has 2 saturated carbocycles. The van der Waals surface area contributed by atoms with Crippen LogP contribution in [-0.2, 0) is 4.74 Å². The Morgan fingerprint density at radius 3 is 2.71 bits per heavy atom. The molecule has 0 aromatic carbocycles. The monoisotopic (exact) mass is 196 g/mol. The maximum Gasteiger partial charge on any atom is 0.0602 e. The molecule has 0 bridgehead atoms. The van der Waals surface area contributed by atoms with Crippen molar-refractivity contribution in [1.29, 1.82) is 0 Å². The molecular weight excluding hydrogens is 172 g/mol. The van der Waals surface area contributed by atoms with Gasteiger partial charge in [-0.2, -0.15) is 0 Å². The Morgan fingerprint density at radius 2 is 2.00 bits per heavy atom. The summed E-state index contributed by atoms with van der Waals surface area (Å²) in [4.78, 5) is 0. The first-order chi connectivity index (χ1) is 6.85. The highest BCUT2D eigenvalue weighted by molar-refractivity contribution is 4.88. The highest BCUT2D eigenvalue weighted by atomic mass is 16.5. The Kier molecular flexibility index (Phi) is 3.48. The summed E-state index contributed by atoms with van der Waals surface area (Å²) in [6.45, 7) is 2.35. The Balaban J connectivity index is 1.96. The molecule has 0 radical (unpaired) electrons. The molecule has 4 unspecified atom stereocenters. The van der Waals surface area contributed by atoms with Crippen molar-refractivity contribution in [2.24, 2.45) is 17.8 Å². The van der Waals surface area contributed by atoms with Crippen LogP contribution in [0.1, 0.15) is 51.9 Å². The zero-order valence-electron chi connectivity index (χ0n) is 9.67. The van der Waals surface area contributed by atoms with Gasteiger partial charge in [0.05, 0.1) is 6.10 Å². The lowest BCUT2D eigenvalue weighted by Gasteiger charge is -2.43. The van der Waals surface area contributed by atoms with Crippen LogP contribution in [-0.4, -0.2) is 13.2 Å². The van der Waals surface area contributed by atoms with Crippen molar-refractivity contribution in [1.82, 2.24) is 0 Å². The molecule has 0 N–H and O–H groups in total. The zero-order valence-corrected chi connectivity index (χ0v) is 9.67. The van der Waals surface area contributed by atoms with Crippen LogP contribution in [0.4, 0.5) is 0 Å². The van der Waals surface area contributed by atoms with E-state index in [0.29, 0.717) is 6.10 Å². The second kappa shape index (κ2) is 4.65. The van der Waals surface area contributed by atoms with E-state index < -0.39 is 0 Å². The molecule has 0 heterocycles. The van der Waals surface area contributed by atoms with E-state index in [0.717, 1.165) is 17.8 Å². The fourth-order valence-corrected chi connectivity index (χ4v) is 3.66. The van der Waals surface area contributed by atoms with Gasteiger partial charge in [-0.3, -0.25) is 0 Å². The summed E-state index contributed by atoms with van der Waals surface area (Å²) < 4.78 is 5.63. The molecule has 14 heavy (non-hydrogen) atoms. The normalized spacial score (nSPS) is 43.3. The topological polar surface area (TPSA) is 9.23 Å². The SMILES string of the molecule is CCC1CCC2C(CCCC2OC)C1. The molecule has 0 saturated heterocycles. The van der Waals surface area contributed by atoms with Crippen LogP contribution in [0.25, 0.3) is 0 Å². The second-order valence-corrected chi connectivity index (χ2v) is 5.22. The minimum atomic E-state index is 0.589. The van der Waals surface area contributed by atoms with Crippen molar-refractivity contribution < 1.29 is 4.74 Å². The van der Waals surface area contributed by atoms with E-state index in [-0.39, 0.29) is 0 Å². The standard InChI is InChI=1S/C13H24O/c1-3-10-7-8-12-11(9-10)5-4-6-13(12)14-2/h10-13H,3-9H2,1-2H3. The molecule has 0 aliphatic heterocycles.